The molecule has 0 saturated carbocycles. The molecule has 6 heteroatoms. The summed E-state index contributed by atoms with van der Waals surface area (Å²) in [5.74, 6) is 0.477. The topological polar surface area (TPSA) is 60.4 Å². The molecule has 5 rings (SSSR count). The monoisotopic (exact) mass is 359 g/mol. The Morgan fingerprint density at radius 2 is 1.96 bits per heavy atom. The average Bonchev–Trinajstić information content (AvgIpc) is 3.18. The number of likely N-dealkylation sites (N-methyl/N-ethyl adjacent to an activating group) is 1. The third-order valence-electron chi connectivity index (χ3n) is 7.24. The second kappa shape index (κ2) is 5.01. The fourth-order valence-electron chi connectivity index (χ4n) is 6.12. The number of aliphatic hydroxyl groups excluding tert-OH is 1. The molecule has 140 valence electrons. The summed E-state index contributed by atoms with van der Waals surface area (Å²) in [4.78, 5) is 2.26. The van der Waals surface area contributed by atoms with Gasteiger partial charge in [-0.1, -0.05) is 12.1 Å². The van der Waals surface area contributed by atoms with Gasteiger partial charge in [0.1, 0.15) is 0 Å². The van der Waals surface area contributed by atoms with Crippen LogP contribution in [0.25, 0.3) is 0 Å². The second-order valence-corrected chi connectivity index (χ2v) is 7.78. The molecule has 4 aliphatic rings. The molecular weight excluding hydrogens is 334 g/mol. The molecule has 1 spiro atoms. The standard InChI is InChI=1S/C20H25NO5/c1-21-10-9-18-15-12-5-6-13(23-2)16(15)26-17(18)20(24-3,25-4)8-7-19(18,21)14(22)11-12/h5-8,14,17,22H,9-11H2,1-4H3/t14-,17+,18-,19+/m0/s1. The normalized spacial score (nSPS) is 38.7. The Hall–Kier alpha value is -1.60. The van der Waals surface area contributed by atoms with E-state index in [1.54, 1.807) is 21.3 Å². The van der Waals surface area contributed by atoms with E-state index in [9.17, 15) is 5.11 Å². The lowest BCUT2D eigenvalue weighted by Crippen LogP contribution is -2.73. The maximum absolute atomic E-state index is 11.3. The first-order chi connectivity index (χ1) is 12.5. The molecule has 1 fully saturated rings. The van der Waals surface area contributed by atoms with Gasteiger partial charge in [-0.05, 0) is 37.7 Å². The van der Waals surface area contributed by atoms with Gasteiger partial charge in [0.2, 0.25) is 5.79 Å². The average molecular weight is 359 g/mol. The molecule has 0 aromatic heterocycles. The summed E-state index contributed by atoms with van der Waals surface area (Å²) in [6.07, 6.45) is 4.53. The maximum Gasteiger partial charge on any atom is 0.226 e. The predicted molar refractivity (Wildman–Crippen MR) is 94.7 cm³/mol. The van der Waals surface area contributed by atoms with Crippen molar-refractivity contribution in [2.45, 2.75) is 41.8 Å². The zero-order chi connectivity index (χ0) is 18.3. The van der Waals surface area contributed by atoms with Crippen LogP contribution < -0.4 is 9.47 Å². The lowest BCUT2D eigenvalue weighted by molar-refractivity contribution is -0.244. The minimum Gasteiger partial charge on any atom is -0.493 e. The highest BCUT2D eigenvalue weighted by molar-refractivity contribution is 5.65. The Morgan fingerprint density at radius 1 is 1.19 bits per heavy atom. The van der Waals surface area contributed by atoms with Crippen molar-refractivity contribution >= 4 is 0 Å². The van der Waals surface area contributed by atoms with Gasteiger partial charge < -0.3 is 24.1 Å². The zero-order valence-corrected chi connectivity index (χ0v) is 15.6. The fourth-order valence-corrected chi connectivity index (χ4v) is 6.12. The number of hydrogen-bond donors (Lipinski definition) is 1. The van der Waals surface area contributed by atoms with Crippen LogP contribution in [0.4, 0.5) is 0 Å². The zero-order valence-electron chi connectivity index (χ0n) is 15.6. The summed E-state index contributed by atoms with van der Waals surface area (Å²) in [5, 5.41) is 11.3. The Morgan fingerprint density at radius 3 is 2.65 bits per heavy atom. The summed E-state index contributed by atoms with van der Waals surface area (Å²) in [5.41, 5.74) is 1.29. The van der Waals surface area contributed by atoms with Crippen LogP contribution in [0, 0.1) is 0 Å². The predicted octanol–water partition coefficient (Wildman–Crippen LogP) is 1.24. The van der Waals surface area contributed by atoms with Crippen LogP contribution in [0.5, 0.6) is 11.5 Å². The summed E-state index contributed by atoms with van der Waals surface area (Å²) < 4.78 is 23.9. The van der Waals surface area contributed by atoms with Gasteiger partial charge in [-0.3, -0.25) is 4.90 Å². The summed E-state index contributed by atoms with van der Waals surface area (Å²) in [6, 6.07) is 3.98. The number of benzene rings is 1. The first kappa shape index (κ1) is 16.6. The van der Waals surface area contributed by atoms with Gasteiger partial charge in [0.15, 0.2) is 17.6 Å². The SMILES string of the molecule is COc1ccc2c3c1O[C@H]1C(OC)(OC)C=C[C@]4([C@@H](O)C2)N(C)CC[C@]314. The van der Waals surface area contributed by atoms with E-state index in [0.29, 0.717) is 12.2 Å². The molecule has 26 heavy (non-hydrogen) atoms. The lowest BCUT2D eigenvalue weighted by atomic mass is 9.52. The van der Waals surface area contributed by atoms with Gasteiger partial charge >= 0.3 is 0 Å². The van der Waals surface area contributed by atoms with Crippen molar-refractivity contribution in [3.8, 4) is 11.5 Å². The molecule has 0 unspecified atom stereocenters. The summed E-state index contributed by atoms with van der Waals surface area (Å²) in [6.45, 7) is 0.862. The van der Waals surface area contributed by atoms with E-state index >= 15 is 0 Å². The first-order valence-electron chi connectivity index (χ1n) is 9.07. The Bertz CT molecular complexity index is 804. The molecule has 2 aliphatic heterocycles. The van der Waals surface area contributed by atoms with E-state index in [1.807, 2.05) is 12.1 Å². The molecule has 4 atom stereocenters. The van der Waals surface area contributed by atoms with Crippen LogP contribution in [0.15, 0.2) is 24.3 Å². The van der Waals surface area contributed by atoms with Gasteiger partial charge in [0.25, 0.3) is 0 Å². The third-order valence-corrected chi connectivity index (χ3v) is 7.24. The number of likely N-dealkylation sites (tertiary alicyclic amines) is 1. The van der Waals surface area contributed by atoms with E-state index in [0.717, 1.165) is 29.8 Å². The number of methoxy groups -OCH3 is 3. The molecule has 1 aromatic rings. The van der Waals surface area contributed by atoms with Crippen molar-refractivity contribution in [2.24, 2.45) is 0 Å². The van der Waals surface area contributed by atoms with E-state index in [1.165, 1.54) is 0 Å². The molecule has 0 radical (unpaired) electrons. The maximum atomic E-state index is 11.3. The van der Waals surface area contributed by atoms with E-state index in [4.69, 9.17) is 18.9 Å². The Kier molecular flexibility index (Phi) is 3.19. The highest BCUT2D eigenvalue weighted by Crippen LogP contribution is 2.67. The summed E-state index contributed by atoms with van der Waals surface area (Å²) in [7, 11) is 7.01. The van der Waals surface area contributed by atoms with Crippen LogP contribution in [0.2, 0.25) is 0 Å². The number of hydrogen-bond acceptors (Lipinski definition) is 6. The van der Waals surface area contributed by atoms with Crippen LogP contribution >= 0.6 is 0 Å². The molecule has 1 N–H and O–H groups in total. The van der Waals surface area contributed by atoms with E-state index in [2.05, 4.69) is 24.1 Å². The van der Waals surface area contributed by atoms with Crippen LogP contribution in [0.1, 0.15) is 17.5 Å². The highest BCUT2D eigenvalue weighted by Gasteiger charge is 2.76. The molecule has 6 nitrogen and oxygen atoms in total. The van der Waals surface area contributed by atoms with Crippen molar-refractivity contribution < 1.29 is 24.1 Å². The van der Waals surface area contributed by atoms with Crippen molar-refractivity contribution in [1.82, 2.24) is 4.90 Å². The fraction of sp³-hybridized carbons (Fsp3) is 0.600. The van der Waals surface area contributed by atoms with Crippen LogP contribution in [0.3, 0.4) is 0 Å². The van der Waals surface area contributed by atoms with Gasteiger partial charge in [-0.15, -0.1) is 0 Å². The second-order valence-electron chi connectivity index (χ2n) is 7.78. The van der Waals surface area contributed by atoms with E-state index < -0.39 is 28.9 Å². The molecule has 1 aromatic carbocycles. The smallest absolute Gasteiger partial charge is 0.226 e. The van der Waals surface area contributed by atoms with Crippen LogP contribution in [-0.2, 0) is 21.3 Å². The highest BCUT2D eigenvalue weighted by atomic mass is 16.7. The quantitative estimate of drug-likeness (QED) is 0.647. The van der Waals surface area contributed by atoms with E-state index in [-0.39, 0.29) is 0 Å². The van der Waals surface area contributed by atoms with Crippen molar-refractivity contribution in [2.75, 3.05) is 34.9 Å². The van der Waals surface area contributed by atoms with Crippen molar-refractivity contribution in [3.05, 3.63) is 35.4 Å². The largest absolute Gasteiger partial charge is 0.493 e. The molecule has 0 amide bonds. The minimum absolute atomic E-state index is 0.403. The number of ether oxygens (including phenoxy) is 4. The Balaban J connectivity index is 1.89. The van der Waals surface area contributed by atoms with Gasteiger partial charge in [0, 0.05) is 26.2 Å². The number of nitrogens with zero attached hydrogens (tertiary/aromatic N) is 1. The van der Waals surface area contributed by atoms with Gasteiger partial charge in [0.05, 0.1) is 24.2 Å². The van der Waals surface area contributed by atoms with Crippen LogP contribution in [-0.4, -0.2) is 68.5 Å². The lowest BCUT2D eigenvalue weighted by Gasteiger charge is -2.57. The Labute approximate surface area is 153 Å². The molecule has 2 heterocycles. The summed E-state index contributed by atoms with van der Waals surface area (Å²) >= 11 is 0. The van der Waals surface area contributed by atoms with Gasteiger partial charge in [-0.25, -0.2) is 0 Å². The third kappa shape index (κ3) is 1.47. The van der Waals surface area contributed by atoms with Gasteiger partial charge in [-0.2, -0.15) is 0 Å². The molecule has 0 bridgehead atoms. The van der Waals surface area contributed by atoms with Crippen molar-refractivity contribution in [1.29, 1.82) is 0 Å². The molecule has 2 aliphatic carbocycles. The first-order valence-corrected chi connectivity index (χ1v) is 9.07. The number of rotatable bonds is 3. The molecule has 1 saturated heterocycles. The minimum atomic E-state index is -1.01. The molecular formula is C20H25NO5. The van der Waals surface area contributed by atoms with Crippen molar-refractivity contribution in [3.63, 3.8) is 0 Å². The number of aliphatic hydroxyl groups is 1.